The fourth-order valence-electron chi connectivity index (χ4n) is 4.63. The third kappa shape index (κ3) is 11.3. The Bertz CT molecular complexity index is 1090. The third-order valence-corrected chi connectivity index (χ3v) is 24.6. The van der Waals surface area contributed by atoms with Crippen LogP contribution in [0.2, 0.25) is 32.4 Å². The quantitative estimate of drug-likeness (QED) is 0.308. The molecular weight excluding hydrogens is 697 g/mol. The zero-order chi connectivity index (χ0) is 27.0. The second-order valence-electron chi connectivity index (χ2n) is 14.7. The SMILES string of the molecule is CC1=CCC(C2=C(C)C(C)=CC2)=C1C.[CH3][Zr+2]([CH3])([CH3])([CH3])[C]1=CC=CC1.[CH3][Zr]([CH3])([CH3])([Cl])([Cl])[C]1=CC=CC1.[Cl-].[Cl-]. The molecule has 0 heterocycles. The minimum absolute atomic E-state index is 0. The molecule has 0 N–H and O–H groups in total. The average Bonchev–Trinajstić information content (AvgIpc) is 3.46. The molecule has 0 bridgehead atoms. The molecule has 209 valence electrons. The van der Waals surface area contributed by atoms with E-state index >= 15 is 0 Å². The number of hydrogen-bond donors (Lipinski definition) is 0. The molecule has 4 rings (SSSR count). The Labute approximate surface area is 247 Å². The van der Waals surface area contributed by atoms with E-state index < -0.39 is 33.7 Å². The molecule has 0 aromatic heterocycles. The van der Waals surface area contributed by atoms with Crippen LogP contribution in [-0.4, -0.2) is 0 Å². The van der Waals surface area contributed by atoms with E-state index in [4.69, 9.17) is 17.0 Å². The normalized spacial score (nSPS) is 20.8. The summed E-state index contributed by atoms with van der Waals surface area (Å²) in [6, 6.07) is 0. The first-order valence-corrected chi connectivity index (χ1v) is 39.2. The van der Waals surface area contributed by atoms with E-state index in [9.17, 15) is 0 Å². The molecule has 0 aromatic carbocycles. The van der Waals surface area contributed by atoms with Crippen LogP contribution in [0.3, 0.4) is 0 Å². The predicted molar refractivity (Wildman–Crippen MR) is 159 cm³/mol. The third-order valence-electron chi connectivity index (χ3n) is 7.71. The molecule has 0 unspecified atom stereocenters. The summed E-state index contributed by atoms with van der Waals surface area (Å²) in [5.41, 5.74) is 9.08. The van der Waals surface area contributed by atoms with Gasteiger partial charge in [-0.1, -0.05) is 23.3 Å². The fraction of sp³-hybridized carbons (Fsp3) is 0.484. The Morgan fingerprint density at radius 2 is 1.05 bits per heavy atom. The Morgan fingerprint density at radius 1 is 0.649 bits per heavy atom. The molecule has 37 heavy (non-hydrogen) atoms. The van der Waals surface area contributed by atoms with Crippen molar-refractivity contribution in [3.05, 3.63) is 88.6 Å². The monoisotopic (exact) mass is 741 g/mol. The summed E-state index contributed by atoms with van der Waals surface area (Å²) in [6.07, 6.45) is 22.1. The molecule has 0 fully saturated rings. The Balaban J connectivity index is 0.000000520. The van der Waals surface area contributed by atoms with E-state index in [1.807, 2.05) is 20.0 Å². The van der Waals surface area contributed by atoms with Crippen molar-refractivity contribution in [2.45, 2.75) is 85.8 Å². The minimum atomic E-state index is -3.83. The average molecular weight is 746 g/mol. The van der Waals surface area contributed by atoms with E-state index in [1.54, 1.807) is 14.4 Å². The summed E-state index contributed by atoms with van der Waals surface area (Å²) in [5.74, 6) is 0. The van der Waals surface area contributed by atoms with Gasteiger partial charge in [-0.3, -0.25) is 0 Å². The van der Waals surface area contributed by atoms with Gasteiger partial charge in [-0.2, -0.15) is 0 Å². The van der Waals surface area contributed by atoms with Crippen LogP contribution in [0.4, 0.5) is 0 Å². The molecule has 0 radical (unpaired) electrons. The molecule has 0 aliphatic heterocycles. The van der Waals surface area contributed by atoms with Crippen LogP contribution in [0.15, 0.2) is 88.6 Å². The van der Waals surface area contributed by atoms with Gasteiger partial charge in [-0.05, 0) is 62.8 Å². The maximum absolute atomic E-state index is 6.51. The molecule has 0 spiro atoms. The van der Waals surface area contributed by atoms with Crippen molar-refractivity contribution in [1.29, 1.82) is 0 Å². The van der Waals surface area contributed by atoms with Gasteiger partial charge in [0.2, 0.25) is 0 Å². The number of hydrogen-bond acceptors (Lipinski definition) is 0. The van der Waals surface area contributed by atoms with Crippen LogP contribution in [0.1, 0.15) is 53.4 Å². The zero-order valence-electron chi connectivity index (χ0n) is 25.0. The molecule has 0 aromatic rings. The van der Waals surface area contributed by atoms with E-state index in [2.05, 4.69) is 88.8 Å². The first-order chi connectivity index (χ1) is 15.6. The van der Waals surface area contributed by atoms with Crippen molar-refractivity contribution >= 4 is 17.0 Å². The predicted octanol–water partition coefficient (Wildman–Crippen LogP) is 6.55. The smallest absolute Gasteiger partial charge is 1.00 e. The van der Waals surface area contributed by atoms with Gasteiger partial charge in [0.25, 0.3) is 0 Å². The number of rotatable bonds is 3. The molecule has 4 aliphatic carbocycles. The summed E-state index contributed by atoms with van der Waals surface area (Å²) >= 11 is -6.04. The summed E-state index contributed by atoms with van der Waals surface area (Å²) in [7, 11) is 13.0. The van der Waals surface area contributed by atoms with Crippen LogP contribution in [0.25, 0.3) is 0 Å². The maximum atomic E-state index is 6.51. The van der Waals surface area contributed by atoms with Crippen molar-refractivity contribution in [2.75, 3.05) is 0 Å². The van der Waals surface area contributed by atoms with Gasteiger partial charge in [0.15, 0.2) is 0 Å². The van der Waals surface area contributed by atoms with Gasteiger partial charge in [-0.15, -0.1) is 0 Å². The van der Waals surface area contributed by atoms with Crippen LogP contribution >= 0.6 is 17.0 Å². The standard InChI is InChI=1S/C14H18.2C5H5.7CH3.4ClH.2Zr/c1-9-5-7-13(11(9)3)14-8-6-10(2)12(14)4;2*1-2-4-5-3-1;;;;;;;;;;;;;/h5-6H,7-8H2,1-4H3;2*1-3H,4H2;7*1H3;4*1H;;/q;;;;;;;;;;;;;;2*+2/p-4. The number of allylic oxidation sites excluding steroid dienone is 16. The van der Waals surface area contributed by atoms with Crippen molar-refractivity contribution in [2.24, 2.45) is 0 Å². The van der Waals surface area contributed by atoms with Gasteiger partial charge >= 0.3 is 139 Å². The number of halogens is 4. The van der Waals surface area contributed by atoms with Crippen LogP contribution < -0.4 is 24.8 Å². The molecule has 6 heteroatoms. The maximum Gasteiger partial charge on any atom is -1.00 e. The van der Waals surface area contributed by atoms with Crippen LogP contribution in [0, 0.1) is 0 Å². The molecule has 0 atom stereocenters. The first-order valence-electron chi connectivity index (χ1n) is 13.2. The largest absolute Gasteiger partial charge is 1.00 e. The van der Waals surface area contributed by atoms with Gasteiger partial charge < -0.3 is 24.8 Å². The van der Waals surface area contributed by atoms with Crippen LogP contribution in [-0.2, 0) is 33.7 Å². The van der Waals surface area contributed by atoms with Crippen molar-refractivity contribution in [3.8, 4) is 0 Å². The molecule has 0 nitrogen and oxygen atoms in total. The summed E-state index contributed by atoms with van der Waals surface area (Å²) in [5, 5.41) is 0. The van der Waals surface area contributed by atoms with E-state index in [0.29, 0.717) is 0 Å². The molecule has 0 saturated carbocycles. The Morgan fingerprint density at radius 3 is 1.24 bits per heavy atom. The molecule has 4 aliphatic rings. The van der Waals surface area contributed by atoms with Gasteiger partial charge in [0.1, 0.15) is 0 Å². The fourth-order valence-corrected chi connectivity index (χ4v) is 14.4. The second-order valence-corrected chi connectivity index (χ2v) is 74.5. The van der Waals surface area contributed by atoms with Crippen molar-refractivity contribution in [3.63, 3.8) is 0 Å². The first kappa shape index (κ1) is 37.8. The Kier molecular flexibility index (Phi) is 12.7. The van der Waals surface area contributed by atoms with E-state index in [1.165, 1.54) is 32.0 Å². The van der Waals surface area contributed by atoms with E-state index in [-0.39, 0.29) is 24.8 Å². The summed E-state index contributed by atoms with van der Waals surface area (Å²) in [4.78, 5) is 0. The van der Waals surface area contributed by atoms with Crippen LogP contribution in [0.5, 0.6) is 0 Å². The molecule has 0 amide bonds. The van der Waals surface area contributed by atoms with Gasteiger partial charge in [-0.25, -0.2) is 0 Å². The van der Waals surface area contributed by atoms with Gasteiger partial charge in [0, 0.05) is 0 Å². The Hall–Kier alpha value is 0.846. The summed E-state index contributed by atoms with van der Waals surface area (Å²) in [6.45, 7) is 8.94. The zero-order valence-corrected chi connectivity index (χ0v) is 32.9. The van der Waals surface area contributed by atoms with Crippen molar-refractivity contribution in [1.82, 2.24) is 0 Å². The topological polar surface area (TPSA) is 0 Å². The summed E-state index contributed by atoms with van der Waals surface area (Å²) < 4.78 is 19.0. The van der Waals surface area contributed by atoms with E-state index in [0.717, 1.165) is 19.3 Å². The van der Waals surface area contributed by atoms with Crippen molar-refractivity contribution < 1.29 is 58.5 Å². The van der Waals surface area contributed by atoms with Gasteiger partial charge in [0.05, 0.1) is 0 Å². The molecular formula is C31H49Cl4Zr2. The second kappa shape index (κ2) is 12.4. The molecule has 0 saturated heterocycles. The minimum Gasteiger partial charge on any atom is -1.00 e.